The molecule has 0 aromatic heterocycles. The molecule has 0 amide bonds. The first-order chi connectivity index (χ1) is 6.75. The molecule has 0 aromatic rings. The van der Waals surface area contributed by atoms with Crippen LogP contribution in [-0.2, 0) is 4.74 Å². The van der Waals surface area contributed by atoms with Crippen LogP contribution in [0, 0.1) is 11.8 Å². The van der Waals surface area contributed by atoms with Crippen LogP contribution >= 0.6 is 0 Å². The summed E-state index contributed by atoms with van der Waals surface area (Å²) in [5, 5.41) is 3.36. The van der Waals surface area contributed by atoms with Gasteiger partial charge in [0.05, 0.1) is 12.2 Å². The Morgan fingerprint density at radius 1 is 1.00 bits per heavy atom. The summed E-state index contributed by atoms with van der Waals surface area (Å²) in [4.78, 5) is 0. The minimum absolute atomic E-state index is 0.501. The lowest BCUT2D eigenvalue weighted by atomic mass is 9.80. The molecule has 1 saturated heterocycles. The first-order valence-electron chi connectivity index (χ1n) is 6.12. The van der Waals surface area contributed by atoms with E-state index in [1.807, 2.05) is 0 Å². The summed E-state index contributed by atoms with van der Waals surface area (Å²) < 4.78 is 6.11. The van der Waals surface area contributed by atoms with Crippen LogP contribution < -0.4 is 5.32 Å². The van der Waals surface area contributed by atoms with Gasteiger partial charge in [-0.05, 0) is 44.1 Å². The highest BCUT2D eigenvalue weighted by atomic mass is 16.5. The fourth-order valence-corrected chi connectivity index (χ4v) is 2.64. The van der Waals surface area contributed by atoms with Gasteiger partial charge in [0.15, 0.2) is 0 Å². The van der Waals surface area contributed by atoms with Crippen molar-refractivity contribution >= 4 is 0 Å². The first-order valence-corrected chi connectivity index (χ1v) is 6.12. The fourth-order valence-electron chi connectivity index (χ4n) is 2.64. The van der Waals surface area contributed by atoms with Crippen molar-refractivity contribution in [2.75, 3.05) is 13.1 Å². The largest absolute Gasteiger partial charge is 0.374 e. The molecule has 2 rings (SSSR count). The molecule has 82 valence electrons. The molecule has 3 unspecified atom stereocenters. The van der Waals surface area contributed by atoms with Gasteiger partial charge in [-0.3, -0.25) is 0 Å². The standard InChI is InChI=1S/C12H23NO/c1-9-3-4-11(7-10(9)2)14-12-5-6-13-8-12/h9-13H,3-8H2,1-2H3/t9?,10?,11?,12-/m1/s1. The van der Waals surface area contributed by atoms with E-state index in [1.54, 1.807) is 0 Å². The van der Waals surface area contributed by atoms with Crippen LogP contribution in [0.2, 0.25) is 0 Å². The van der Waals surface area contributed by atoms with E-state index in [0.29, 0.717) is 12.2 Å². The van der Waals surface area contributed by atoms with Gasteiger partial charge in [-0.2, -0.15) is 0 Å². The highest BCUT2D eigenvalue weighted by Gasteiger charge is 2.27. The highest BCUT2D eigenvalue weighted by molar-refractivity contribution is 4.79. The molecular weight excluding hydrogens is 174 g/mol. The zero-order valence-corrected chi connectivity index (χ0v) is 9.46. The van der Waals surface area contributed by atoms with Gasteiger partial charge in [-0.1, -0.05) is 13.8 Å². The van der Waals surface area contributed by atoms with E-state index in [-0.39, 0.29) is 0 Å². The van der Waals surface area contributed by atoms with Crippen LogP contribution in [0.15, 0.2) is 0 Å². The second-order valence-electron chi connectivity index (χ2n) is 5.14. The molecule has 2 nitrogen and oxygen atoms in total. The van der Waals surface area contributed by atoms with Crippen LogP contribution in [0.3, 0.4) is 0 Å². The Morgan fingerprint density at radius 2 is 1.86 bits per heavy atom. The smallest absolute Gasteiger partial charge is 0.0715 e. The molecule has 0 spiro atoms. The summed E-state index contributed by atoms with van der Waals surface area (Å²) in [7, 11) is 0. The van der Waals surface area contributed by atoms with Gasteiger partial charge in [-0.15, -0.1) is 0 Å². The van der Waals surface area contributed by atoms with Gasteiger partial charge in [0.2, 0.25) is 0 Å². The Labute approximate surface area is 87.4 Å². The normalized spacial score (nSPS) is 44.1. The Bertz CT molecular complexity index is 177. The van der Waals surface area contributed by atoms with Crippen LogP contribution in [0.4, 0.5) is 0 Å². The summed E-state index contributed by atoms with van der Waals surface area (Å²) >= 11 is 0. The zero-order chi connectivity index (χ0) is 9.97. The SMILES string of the molecule is CC1CCC(O[C@@H]2CCNC2)CC1C. The van der Waals surface area contributed by atoms with Gasteiger partial charge < -0.3 is 10.1 Å². The topological polar surface area (TPSA) is 21.3 Å². The van der Waals surface area contributed by atoms with Crippen LogP contribution in [-0.4, -0.2) is 25.3 Å². The van der Waals surface area contributed by atoms with Crippen molar-refractivity contribution < 1.29 is 4.74 Å². The Kier molecular flexibility index (Phi) is 3.45. The van der Waals surface area contributed by atoms with Crippen molar-refractivity contribution in [3.8, 4) is 0 Å². The molecule has 14 heavy (non-hydrogen) atoms. The van der Waals surface area contributed by atoms with Gasteiger partial charge in [-0.25, -0.2) is 0 Å². The van der Waals surface area contributed by atoms with Crippen LogP contribution in [0.25, 0.3) is 0 Å². The molecule has 1 saturated carbocycles. The van der Waals surface area contributed by atoms with E-state index in [2.05, 4.69) is 19.2 Å². The maximum atomic E-state index is 6.11. The third kappa shape index (κ3) is 2.48. The number of nitrogens with one attached hydrogen (secondary N) is 1. The summed E-state index contributed by atoms with van der Waals surface area (Å²) in [5.74, 6) is 1.75. The molecule has 0 radical (unpaired) electrons. The van der Waals surface area contributed by atoms with E-state index in [0.717, 1.165) is 24.9 Å². The molecule has 2 heteroatoms. The zero-order valence-electron chi connectivity index (χ0n) is 9.46. The predicted octanol–water partition coefficient (Wildman–Crippen LogP) is 2.19. The Balaban J connectivity index is 1.75. The van der Waals surface area contributed by atoms with Gasteiger partial charge in [0, 0.05) is 6.54 Å². The molecule has 0 bridgehead atoms. The average Bonchev–Trinajstić information content (AvgIpc) is 2.64. The minimum atomic E-state index is 0.501. The van der Waals surface area contributed by atoms with Crippen molar-refractivity contribution in [2.24, 2.45) is 11.8 Å². The summed E-state index contributed by atoms with van der Waals surface area (Å²) in [6.45, 7) is 6.95. The molecule has 1 aliphatic heterocycles. The van der Waals surface area contributed by atoms with Crippen molar-refractivity contribution in [1.29, 1.82) is 0 Å². The lowest BCUT2D eigenvalue weighted by Crippen LogP contribution is -2.31. The summed E-state index contributed by atoms with van der Waals surface area (Å²) in [5.41, 5.74) is 0. The predicted molar refractivity (Wildman–Crippen MR) is 58.3 cm³/mol. The molecule has 1 N–H and O–H groups in total. The minimum Gasteiger partial charge on any atom is -0.374 e. The van der Waals surface area contributed by atoms with Crippen LogP contribution in [0.5, 0.6) is 0 Å². The molecule has 4 atom stereocenters. The van der Waals surface area contributed by atoms with Crippen molar-refractivity contribution in [2.45, 2.75) is 51.7 Å². The second-order valence-corrected chi connectivity index (χ2v) is 5.14. The van der Waals surface area contributed by atoms with Crippen molar-refractivity contribution in [3.05, 3.63) is 0 Å². The fraction of sp³-hybridized carbons (Fsp3) is 1.00. The number of hydrogen-bond acceptors (Lipinski definition) is 2. The first kappa shape index (κ1) is 10.4. The molecule has 2 aliphatic rings. The molecule has 2 fully saturated rings. The monoisotopic (exact) mass is 197 g/mol. The van der Waals surface area contributed by atoms with E-state index in [4.69, 9.17) is 4.74 Å². The number of ether oxygens (including phenoxy) is 1. The quantitative estimate of drug-likeness (QED) is 0.732. The van der Waals surface area contributed by atoms with Gasteiger partial charge >= 0.3 is 0 Å². The van der Waals surface area contributed by atoms with E-state index < -0.39 is 0 Å². The average molecular weight is 197 g/mol. The Morgan fingerprint density at radius 3 is 2.50 bits per heavy atom. The van der Waals surface area contributed by atoms with Gasteiger partial charge in [0.1, 0.15) is 0 Å². The molecular formula is C12H23NO. The summed E-state index contributed by atoms with van der Waals surface area (Å²) in [6, 6.07) is 0. The highest BCUT2D eigenvalue weighted by Crippen LogP contribution is 2.31. The maximum absolute atomic E-state index is 6.11. The third-order valence-corrected chi connectivity index (χ3v) is 3.95. The van der Waals surface area contributed by atoms with E-state index in [1.165, 1.54) is 25.7 Å². The van der Waals surface area contributed by atoms with Crippen LogP contribution in [0.1, 0.15) is 39.5 Å². The lowest BCUT2D eigenvalue weighted by molar-refractivity contribution is -0.0384. The van der Waals surface area contributed by atoms with Gasteiger partial charge in [0.25, 0.3) is 0 Å². The number of rotatable bonds is 2. The molecule has 1 heterocycles. The summed E-state index contributed by atoms with van der Waals surface area (Å²) in [6.07, 6.45) is 6.17. The molecule has 1 aliphatic carbocycles. The number of hydrogen-bond donors (Lipinski definition) is 1. The molecule has 0 aromatic carbocycles. The lowest BCUT2D eigenvalue weighted by Gasteiger charge is -2.33. The van der Waals surface area contributed by atoms with E-state index >= 15 is 0 Å². The third-order valence-electron chi connectivity index (χ3n) is 3.95. The van der Waals surface area contributed by atoms with Crippen molar-refractivity contribution in [3.63, 3.8) is 0 Å². The maximum Gasteiger partial charge on any atom is 0.0715 e. The Hall–Kier alpha value is -0.0800. The van der Waals surface area contributed by atoms with E-state index in [9.17, 15) is 0 Å². The second kappa shape index (κ2) is 4.63. The van der Waals surface area contributed by atoms with Crippen molar-refractivity contribution in [1.82, 2.24) is 5.32 Å².